The Bertz CT molecular complexity index is 688. The van der Waals surface area contributed by atoms with E-state index in [4.69, 9.17) is 0 Å². The monoisotopic (exact) mass is 310 g/mol. The van der Waals surface area contributed by atoms with Crippen LogP contribution in [0.3, 0.4) is 0 Å². The normalized spacial score (nSPS) is 29.5. The molecule has 2 aliphatic rings. The van der Waals surface area contributed by atoms with E-state index in [1.165, 1.54) is 28.6 Å². The molecule has 0 spiro atoms. The zero-order valence-corrected chi connectivity index (χ0v) is 12.7. The van der Waals surface area contributed by atoms with Crippen molar-refractivity contribution in [2.45, 2.75) is 31.1 Å². The van der Waals surface area contributed by atoms with Gasteiger partial charge in [-0.3, -0.25) is 10.1 Å². The van der Waals surface area contributed by atoms with Gasteiger partial charge in [-0.05, 0) is 36.7 Å². The second-order valence-electron chi connectivity index (χ2n) is 6.44. The number of hydrogen-bond donors (Lipinski definition) is 0. The Hall–Kier alpha value is -1.47. The fraction of sp³-hybridized carbons (Fsp3) is 0.571. The lowest BCUT2D eigenvalue weighted by Gasteiger charge is -2.37. The standard InChI is InChI=1S/C14H18N2O4S/c1-14-7-6-11(8-14)9-15(10-14)21(19,20)13-5-3-2-4-12(13)16(17)18/h2-5,11H,6-10H2,1H3. The fourth-order valence-electron chi connectivity index (χ4n) is 3.68. The fourth-order valence-corrected chi connectivity index (χ4v) is 5.50. The lowest BCUT2D eigenvalue weighted by atomic mass is 9.85. The highest BCUT2D eigenvalue weighted by Crippen LogP contribution is 2.47. The van der Waals surface area contributed by atoms with Gasteiger partial charge >= 0.3 is 0 Å². The lowest BCUT2D eigenvalue weighted by Crippen LogP contribution is -2.44. The van der Waals surface area contributed by atoms with Crippen molar-refractivity contribution in [3.05, 3.63) is 34.4 Å². The number of hydrogen-bond acceptors (Lipinski definition) is 4. The second kappa shape index (κ2) is 4.78. The molecular weight excluding hydrogens is 292 g/mol. The zero-order valence-electron chi connectivity index (χ0n) is 11.9. The van der Waals surface area contributed by atoms with Crippen LogP contribution in [0.4, 0.5) is 5.69 Å². The van der Waals surface area contributed by atoms with Crippen LogP contribution in [0.15, 0.2) is 29.2 Å². The Morgan fingerprint density at radius 2 is 2.10 bits per heavy atom. The number of benzene rings is 1. The molecule has 7 heteroatoms. The van der Waals surface area contributed by atoms with Crippen molar-refractivity contribution < 1.29 is 13.3 Å². The van der Waals surface area contributed by atoms with Crippen LogP contribution in [0.1, 0.15) is 26.2 Å². The average molecular weight is 310 g/mol. The molecule has 2 atom stereocenters. The number of nitrogens with zero attached hydrogens (tertiary/aromatic N) is 2. The van der Waals surface area contributed by atoms with Crippen molar-refractivity contribution in [2.24, 2.45) is 11.3 Å². The second-order valence-corrected chi connectivity index (χ2v) is 8.35. The minimum atomic E-state index is -3.81. The van der Waals surface area contributed by atoms with Gasteiger partial charge in [0.25, 0.3) is 5.69 Å². The molecule has 0 N–H and O–H groups in total. The van der Waals surface area contributed by atoms with Crippen molar-refractivity contribution in [2.75, 3.05) is 13.1 Å². The summed E-state index contributed by atoms with van der Waals surface area (Å²) in [5, 5.41) is 11.1. The van der Waals surface area contributed by atoms with E-state index in [-0.39, 0.29) is 16.0 Å². The van der Waals surface area contributed by atoms with Crippen LogP contribution in [0.25, 0.3) is 0 Å². The summed E-state index contributed by atoms with van der Waals surface area (Å²) in [7, 11) is -3.81. The first kappa shape index (κ1) is 14.5. The van der Waals surface area contributed by atoms with Crippen molar-refractivity contribution in [1.82, 2.24) is 4.31 Å². The molecule has 1 saturated carbocycles. The van der Waals surface area contributed by atoms with Crippen LogP contribution in [-0.2, 0) is 10.0 Å². The van der Waals surface area contributed by atoms with Gasteiger partial charge in [-0.25, -0.2) is 8.42 Å². The van der Waals surface area contributed by atoms with Crippen LogP contribution in [0.5, 0.6) is 0 Å². The van der Waals surface area contributed by atoms with Crippen molar-refractivity contribution >= 4 is 15.7 Å². The molecule has 0 aromatic heterocycles. The van der Waals surface area contributed by atoms with E-state index in [1.807, 2.05) is 0 Å². The highest BCUT2D eigenvalue weighted by atomic mass is 32.2. The highest BCUT2D eigenvalue weighted by molar-refractivity contribution is 7.89. The number of piperidine rings is 1. The molecule has 1 aliphatic heterocycles. The number of para-hydroxylation sites is 1. The van der Waals surface area contributed by atoms with Gasteiger partial charge in [0.05, 0.1) is 4.92 Å². The molecule has 114 valence electrons. The van der Waals surface area contributed by atoms with E-state index < -0.39 is 14.9 Å². The largest absolute Gasteiger partial charge is 0.289 e. The molecule has 1 aromatic carbocycles. The third-order valence-electron chi connectivity index (χ3n) is 4.64. The first-order chi connectivity index (χ1) is 9.82. The maximum Gasteiger partial charge on any atom is 0.289 e. The van der Waals surface area contributed by atoms with Gasteiger partial charge in [0.15, 0.2) is 4.90 Å². The molecule has 1 heterocycles. The quantitative estimate of drug-likeness (QED) is 0.634. The molecular formula is C14H18N2O4S. The molecule has 6 nitrogen and oxygen atoms in total. The predicted octanol–water partition coefficient (Wildman–Crippen LogP) is 2.41. The Kier molecular flexibility index (Phi) is 3.29. The van der Waals surface area contributed by atoms with Crippen LogP contribution in [0, 0.1) is 21.4 Å². The molecule has 2 unspecified atom stereocenters. The van der Waals surface area contributed by atoms with Gasteiger partial charge < -0.3 is 0 Å². The van der Waals surface area contributed by atoms with E-state index in [1.54, 1.807) is 0 Å². The molecule has 2 bridgehead atoms. The van der Waals surface area contributed by atoms with Gasteiger partial charge in [0.2, 0.25) is 10.0 Å². The molecule has 3 rings (SSSR count). The number of nitro groups is 1. The van der Waals surface area contributed by atoms with Gasteiger partial charge in [-0.2, -0.15) is 4.31 Å². The lowest BCUT2D eigenvalue weighted by molar-refractivity contribution is -0.387. The van der Waals surface area contributed by atoms with Crippen LogP contribution >= 0.6 is 0 Å². The summed E-state index contributed by atoms with van der Waals surface area (Å²) in [6, 6.07) is 5.58. The highest BCUT2D eigenvalue weighted by Gasteiger charge is 2.46. The molecule has 1 saturated heterocycles. The number of rotatable bonds is 3. The molecule has 21 heavy (non-hydrogen) atoms. The van der Waals surface area contributed by atoms with Gasteiger partial charge in [-0.15, -0.1) is 0 Å². The molecule has 0 amide bonds. The summed E-state index contributed by atoms with van der Waals surface area (Å²) in [5.74, 6) is 0.376. The summed E-state index contributed by atoms with van der Waals surface area (Å²) in [4.78, 5) is 10.3. The van der Waals surface area contributed by atoms with Gasteiger partial charge in [0, 0.05) is 19.2 Å². The third kappa shape index (κ3) is 2.44. The Morgan fingerprint density at radius 3 is 2.76 bits per heavy atom. The first-order valence-corrected chi connectivity index (χ1v) is 8.49. The summed E-state index contributed by atoms with van der Waals surface area (Å²) >= 11 is 0. The van der Waals surface area contributed by atoms with E-state index >= 15 is 0 Å². The zero-order chi connectivity index (χ0) is 15.3. The third-order valence-corrected chi connectivity index (χ3v) is 6.50. The smallest absolute Gasteiger partial charge is 0.258 e. The predicted molar refractivity (Wildman–Crippen MR) is 77.3 cm³/mol. The van der Waals surface area contributed by atoms with Crippen molar-refractivity contribution in [3.63, 3.8) is 0 Å². The van der Waals surface area contributed by atoms with E-state index in [9.17, 15) is 18.5 Å². The Morgan fingerprint density at radius 1 is 1.38 bits per heavy atom. The van der Waals surface area contributed by atoms with Gasteiger partial charge in [-0.1, -0.05) is 19.1 Å². The number of fused-ring (bicyclic) bond motifs is 2. The SMILES string of the molecule is CC12CCC(CN(S(=O)(=O)c3ccccc3[N+](=O)[O-])C1)C2. The van der Waals surface area contributed by atoms with E-state index in [2.05, 4.69) is 6.92 Å². The summed E-state index contributed by atoms with van der Waals surface area (Å²) in [6.45, 7) is 3.04. The topological polar surface area (TPSA) is 80.5 Å². The maximum atomic E-state index is 12.8. The Balaban J connectivity index is 2.00. The van der Waals surface area contributed by atoms with Crippen LogP contribution in [0.2, 0.25) is 0 Å². The van der Waals surface area contributed by atoms with Gasteiger partial charge in [0.1, 0.15) is 0 Å². The van der Waals surface area contributed by atoms with Crippen LogP contribution in [-0.4, -0.2) is 30.7 Å². The Labute approximate surface area is 124 Å². The number of nitro benzene ring substituents is 1. The summed E-state index contributed by atoms with van der Waals surface area (Å²) in [6.07, 6.45) is 3.12. The molecule has 0 radical (unpaired) electrons. The molecule has 2 fully saturated rings. The maximum absolute atomic E-state index is 12.8. The van der Waals surface area contributed by atoms with Crippen molar-refractivity contribution in [3.8, 4) is 0 Å². The molecule has 1 aliphatic carbocycles. The van der Waals surface area contributed by atoms with Crippen LogP contribution < -0.4 is 0 Å². The first-order valence-electron chi connectivity index (χ1n) is 7.05. The van der Waals surface area contributed by atoms with E-state index in [0.717, 1.165) is 19.3 Å². The number of sulfonamides is 1. The summed E-state index contributed by atoms with van der Waals surface area (Å²) in [5.41, 5.74) is -0.333. The summed E-state index contributed by atoms with van der Waals surface area (Å²) < 4.78 is 27.0. The minimum absolute atomic E-state index is 0.0134. The molecule has 1 aromatic rings. The van der Waals surface area contributed by atoms with Crippen molar-refractivity contribution in [1.29, 1.82) is 0 Å². The minimum Gasteiger partial charge on any atom is -0.258 e. The van der Waals surface area contributed by atoms with E-state index in [0.29, 0.717) is 19.0 Å². The average Bonchev–Trinajstić information content (AvgIpc) is 2.71.